The van der Waals surface area contributed by atoms with Gasteiger partial charge in [0.15, 0.2) is 5.82 Å². The van der Waals surface area contributed by atoms with Crippen LogP contribution in [0.1, 0.15) is 67.7 Å². The van der Waals surface area contributed by atoms with Crippen LogP contribution in [-0.4, -0.2) is 78.3 Å². The van der Waals surface area contributed by atoms with Crippen molar-refractivity contribution < 1.29 is 28.7 Å². The van der Waals surface area contributed by atoms with Crippen molar-refractivity contribution in [1.29, 1.82) is 0 Å². The lowest BCUT2D eigenvalue weighted by atomic mass is 9.98. The Kier molecular flexibility index (Phi) is 10.1. The highest BCUT2D eigenvalue weighted by Crippen LogP contribution is 2.31. The normalized spacial score (nSPS) is 14.9. The fraction of sp³-hybridized carbons (Fsp3) is 0.353. The van der Waals surface area contributed by atoms with E-state index in [1.54, 1.807) is 56.0 Å². The zero-order valence-corrected chi connectivity index (χ0v) is 26.8. The van der Waals surface area contributed by atoms with Crippen LogP contribution in [-0.2, 0) is 25.6 Å². The maximum atomic E-state index is 13.9. The Morgan fingerprint density at radius 1 is 0.957 bits per heavy atom. The Morgan fingerprint density at radius 3 is 2.38 bits per heavy atom. The molecule has 1 aliphatic rings. The molecule has 13 heteroatoms. The average Bonchev–Trinajstić information content (AvgIpc) is 3.78. The van der Waals surface area contributed by atoms with Gasteiger partial charge in [-0.15, -0.1) is 5.10 Å². The summed E-state index contributed by atoms with van der Waals surface area (Å²) in [7, 11) is 0. The molecule has 1 amide bonds. The highest BCUT2D eigenvalue weighted by Gasteiger charge is 2.38. The highest BCUT2D eigenvalue weighted by atomic mass is 16.7. The van der Waals surface area contributed by atoms with E-state index in [9.17, 15) is 19.2 Å². The van der Waals surface area contributed by atoms with Gasteiger partial charge >= 0.3 is 11.9 Å². The number of tetrazole rings is 1. The van der Waals surface area contributed by atoms with E-state index in [0.717, 1.165) is 16.7 Å². The molecule has 3 heterocycles. The quantitative estimate of drug-likeness (QED) is 0.136. The smallest absolute Gasteiger partial charge is 0.328 e. The van der Waals surface area contributed by atoms with Crippen molar-refractivity contribution in [2.24, 2.45) is 5.41 Å². The molecular formula is C34H37N7O6. The Bertz CT molecular complexity index is 1730. The molecule has 13 nitrogen and oxygen atoms in total. The van der Waals surface area contributed by atoms with Crippen LogP contribution in [0.15, 0.2) is 73.1 Å². The molecule has 1 unspecified atom stereocenters. The zero-order chi connectivity index (χ0) is 33.6. The van der Waals surface area contributed by atoms with Crippen molar-refractivity contribution in [3.8, 4) is 22.5 Å². The van der Waals surface area contributed by atoms with Gasteiger partial charge in [-0.3, -0.25) is 29.2 Å². The third kappa shape index (κ3) is 7.58. The molecule has 1 saturated heterocycles. The van der Waals surface area contributed by atoms with Crippen molar-refractivity contribution in [3.63, 3.8) is 0 Å². The van der Waals surface area contributed by atoms with Crippen LogP contribution in [0, 0.1) is 5.41 Å². The summed E-state index contributed by atoms with van der Waals surface area (Å²) in [6.45, 7) is 7.00. The first kappa shape index (κ1) is 33.1. The molecule has 0 spiro atoms. The molecule has 1 atom stereocenters. The van der Waals surface area contributed by atoms with Crippen LogP contribution in [0.4, 0.5) is 0 Å². The summed E-state index contributed by atoms with van der Waals surface area (Å²) in [5, 5.41) is 15.0. The third-order valence-electron chi connectivity index (χ3n) is 7.73. The van der Waals surface area contributed by atoms with Crippen molar-refractivity contribution in [2.75, 3.05) is 13.3 Å². The summed E-state index contributed by atoms with van der Waals surface area (Å²) in [5.74, 6) is -1.25. The molecule has 0 radical (unpaired) electrons. The Morgan fingerprint density at radius 2 is 1.70 bits per heavy atom. The summed E-state index contributed by atoms with van der Waals surface area (Å²) >= 11 is 0. The number of rotatable bonds is 10. The first-order valence-electron chi connectivity index (χ1n) is 15.4. The van der Waals surface area contributed by atoms with Gasteiger partial charge in [-0.05, 0) is 72.9 Å². The van der Waals surface area contributed by atoms with E-state index in [1.807, 2.05) is 48.5 Å². The van der Waals surface area contributed by atoms with Crippen LogP contribution >= 0.6 is 0 Å². The van der Waals surface area contributed by atoms with E-state index in [1.165, 1.54) is 10.9 Å². The molecule has 0 N–H and O–H groups in total. The van der Waals surface area contributed by atoms with E-state index in [0.29, 0.717) is 36.3 Å². The van der Waals surface area contributed by atoms with Gasteiger partial charge in [0.2, 0.25) is 12.7 Å². The van der Waals surface area contributed by atoms with Crippen LogP contribution in [0.25, 0.3) is 22.5 Å². The number of carbonyl (C=O) groups is 4. The lowest BCUT2D eigenvalue weighted by Crippen LogP contribution is -2.51. The van der Waals surface area contributed by atoms with Crippen LogP contribution < -0.4 is 0 Å². The largest absolute Gasteiger partial charge is 0.427 e. The maximum absolute atomic E-state index is 13.9. The maximum Gasteiger partial charge on any atom is 0.328 e. The first-order valence-corrected chi connectivity index (χ1v) is 15.4. The second kappa shape index (κ2) is 14.4. The summed E-state index contributed by atoms with van der Waals surface area (Å²) in [4.78, 5) is 55.7. The second-order valence-corrected chi connectivity index (χ2v) is 12.1. The standard InChI is InChI=1S/C34H37N7O6/c1-5-29(42)41-30(36-37-38-41)27-12-7-6-11-26(27)24-16-14-23(15-17-24)21-40(31(43)25-10-8-18-35-20-25)39-19-9-13-28(39)32(44)46-22-47-33(45)34(2,3)4/h6-8,10-12,14-18,20,28H,5,9,13,19,21-22H2,1-4H3. The number of esters is 2. The summed E-state index contributed by atoms with van der Waals surface area (Å²) < 4.78 is 11.7. The van der Waals surface area contributed by atoms with Crippen LogP contribution in [0.5, 0.6) is 0 Å². The number of hydrazine groups is 1. The molecule has 0 saturated carbocycles. The SMILES string of the molecule is CCC(=O)n1nnnc1-c1ccccc1-c1ccc(CN(C(=O)c2cccnc2)N2CCCC2C(=O)OCOC(=O)C(C)(C)C)cc1. The molecule has 5 rings (SSSR count). The van der Waals surface area contributed by atoms with Gasteiger partial charge in [0.25, 0.3) is 5.91 Å². The van der Waals surface area contributed by atoms with Gasteiger partial charge in [-0.1, -0.05) is 55.5 Å². The second-order valence-electron chi connectivity index (χ2n) is 12.1. The van der Waals surface area contributed by atoms with Crippen LogP contribution in [0.3, 0.4) is 0 Å². The Labute approximate surface area is 272 Å². The molecule has 2 aromatic heterocycles. The number of benzene rings is 2. The minimum Gasteiger partial charge on any atom is -0.427 e. The molecule has 1 aliphatic heterocycles. The molecule has 2 aromatic carbocycles. The molecule has 0 bridgehead atoms. The van der Waals surface area contributed by atoms with Gasteiger partial charge < -0.3 is 9.47 Å². The van der Waals surface area contributed by atoms with E-state index < -0.39 is 30.2 Å². The monoisotopic (exact) mass is 639 g/mol. The number of amides is 1. The van der Waals surface area contributed by atoms with E-state index >= 15 is 0 Å². The third-order valence-corrected chi connectivity index (χ3v) is 7.73. The van der Waals surface area contributed by atoms with Gasteiger partial charge in [-0.25, -0.2) is 5.01 Å². The number of carbonyl (C=O) groups excluding carboxylic acids is 4. The molecule has 4 aromatic rings. The zero-order valence-electron chi connectivity index (χ0n) is 26.8. The first-order chi connectivity index (χ1) is 22.6. The minimum atomic E-state index is -0.744. The number of hydrogen-bond acceptors (Lipinski definition) is 11. The fourth-order valence-electron chi connectivity index (χ4n) is 5.22. The van der Waals surface area contributed by atoms with Gasteiger partial charge in [0, 0.05) is 30.9 Å². The number of hydrogen-bond donors (Lipinski definition) is 0. The van der Waals surface area contributed by atoms with E-state index in [2.05, 4.69) is 20.5 Å². The lowest BCUT2D eigenvalue weighted by Gasteiger charge is -2.35. The van der Waals surface area contributed by atoms with Crippen molar-refractivity contribution in [2.45, 2.75) is 59.5 Å². The molecule has 47 heavy (non-hydrogen) atoms. The number of ether oxygens (including phenoxy) is 2. The van der Waals surface area contributed by atoms with Gasteiger partial charge in [-0.2, -0.15) is 4.68 Å². The topological polar surface area (TPSA) is 150 Å². The predicted molar refractivity (Wildman–Crippen MR) is 170 cm³/mol. The molecule has 0 aliphatic carbocycles. The predicted octanol–water partition coefficient (Wildman–Crippen LogP) is 4.56. The van der Waals surface area contributed by atoms with E-state index in [-0.39, 0.29) is 24.8 Å². The Balaban J connectivity index is 1.38. The highest BCUT2D eigenvalue weighted by molar-refractivity contribution is 5.94. The lowest BCUT2D eigenvalue weighted by molar-refractivity contribution is -0.178. The van der Waals surface area contributed by atoms with E-state index in [4.69, 9.17) is 9.47 Å². The number of nitrogens with zero attached hydrogens (tertiary/aromatic N) is 7. The molecular weight excluding hydrogens is 602 g/mol. The van der Waals surface area contributed by atoms with Gasteiger partial charge in [0.05, 0.1) is 17.5 Å². The van der Waals surface area contributed by atoms with Crippen molar-refractivity contribution in [3.05, 3.63) is 84.2 Å². The number of aromatic nitrogens is 5. The molecule has 1 fully saturated rings. The summed E-state index contributed by atoms with van der Waals surface area (Å²) in [6, 6.07) is 17.8. The number of pyridine rings is 1. The average molecular weight is 640 g/mol. The fourth-order valence-corrected chi connectivity index (χ4v) is 5.22. The molecule has 244 valence electrons. The van der Waals surface area contributed by atoms with Crippen molar-refractivity contribution >= 4 is 23.8 Å². The van der Waals surface area contributed by atoms with Gasteiger partial charge in [0.1, 0.15) is 6.04 Å². The van der Waals surface area contributed by atoms with Crippen LogP contribution in [0.2, 0.25) is 0 Å². The van der Waals surface area contributed by atoms with Crippen molar-refractivity contribution in [1.82, 2.24) is 35.2 Å². The Hall–Kier alpha value is -5.30. The summed E-state index contributed by atoms with van der Waals surface area (Å²) in [6.07, 6.45) is 4.46. The minimum absolute atomic E-state index is 0.168. The summed E-state index contributed by atoms with van der Waals surface area (Å²) in [5.41, 5.74) is 2.84.